The van der Waals surface area contributed by atoms with Gasteiger partial charge in [-0.2, -0.15) is 0 Å². The number of nitrogens with zero attached hydrogens (tertiary/aromatic N) is 1. The average Bonchev–Trinajstić information content (AvgIpc) is 2.63. The number of hydrogen-bond donors (Lipinski definition) is 3. The van der Waals surface area contributed by atoms with E-state index in [1.807, 2.05) is 0 Å². The van der Waals surface area contributed by atoms with Crippen molar-refractivity contribution in [1.82, 2.24) is 0 Å². The highest BCUT2D eigenvalue weighted by atomic mass is 16.4. The summed E-state index contributed by atoms with van der Waals surface area (Å²) in [5, 5.41) is 27.3. The lowest BCUT2D eigenvalue weighted by Crippen LogP contribution is -2.57. The summed E-state index contributed by atoms with van der Waals surface area (Å²) >= 11 is 0. The zero-order valence-electron chi connectivity index (χ0n) is 18.7. The van der Waals surface area contributed by atoms with Crippen molar-refractivity contribution in [3.63, 3.8) is 0 Å². The smallest absolute Gasteiger partial charge is 0.359 e. The van der Waals surface area contributed by atoms with Crippen molar-refractivity contribution >= 4 is 17.9 Å². The lowest BCUT2D eigenvalue weighted by molar-refractivity contribution is -0.907. The normalized spacial score (nSPS) is 11.8. The summed E-state index contributed by atoms with van der Waals surface area (Å²) < 4.78 is -0.440. The number of rotatable bonds is 21. The Labute approximate surface area is 181 Å². The number of aliphatic carboxylic acids is 3. The second-order valence-electron chi connectivity index (χ2n) is 8.31. The minimum absolute atomic E-state index is 0.258. The number of quaternary nitrogens is 1. The fourth-order valence-corrected chi connectivity index (χ4v) is 3.78. The van der Waals surface area contributed by atoms with E-state index in [1.54, 1.807) is 0 Å². The van der Waals surface area contributed by atoms with Crippen LogP contribution < -0.4 is 0 Å². The molecule has 0 atom stereocenters. The Balaban J connectivity index is 3.96. The minimum atomic E-state index is -1.17. The van der Waals surface area contributed by atoms with Crippen molar-refractivity contribution in [3.8, 4) is 0 Å². The first-order valence-electron chi connectivity index (χ1n) is 11.5. The molecule has 7 nitrogen and oxygen atoms in total. The van der Waals surface area contributed by atoms with Gasteiger partial charge in [0.15, 0.2) is 19.6 Å². The molecule has 0 spiro atoms. The molecule has 0 aliphatic rings. The quantitative estimate of drug-likeness (QED) is 0.139. The Morgan fingerprint density at radius 1 is 0.600 bits per heavy atom. The molecule has 3 N–H and O–H groups in total. The highest BCUT2D eigenvalue weighted by Gasteiger charge is 2.35. The molecular weight excluding hydrogens is 386 g/mol. The molecule has 0 saturated carbocycles. The minimum Gasteiger partial charge on any atom is -0.477 e. The van der Waals surface area contributed by atoms with Gasteiger partial charge in [0.05, 0.1) is 6.54 Å². The molecule has 0 aliphatic carbocycles. The molecule has 0 bridgehead atoms. The van der Waals surface area contributed by atoms with Crippen LogP contribution in [0, 0.1) is 0 Å². The lowest BCUT2D eigenvalue weighted by atomic mass is 10.1. The van der Waals surface area contributed by atoms with Crippen LogP contribution in [-0.2, 0) is 14.4 Å². The zero-order chi connectivity index (χ0) is 22.7. The van der Waals surface area contributed by atoms with Crippen molar-refractivity contribution in [3.05, 3.63) is 12.2 Å². The van der Waals surface area contributed by atoms with Gasteiger partial charge in [0.2, 0.25) is 0 Å². The molecule has 0 amide bonds. The van der Waals surface area contributed by atoms with E-state index in [4.69, 9.17) is 15.3 Å². The van der Waals surface area contributed by atoms with E-state index < -0.39 is 42.0 Å². The third-order valence-electron chi connectivity index (χ3n) is 5.31. The standard InChI is InChI=1S/C23H41NO6/c1-2-3-4-5-6-7-8-9-10-11-12-13-14-15-16-17-24(18-21(25)26,19-22(27)28)20-23(29)30/h7-8H,2-6,9-20H2,1H3,(H2-,25,26,27,28,29,30)/p+1/b8-7+. The summed E-state index contributed by atoms with van der Waals surface area (Å²) in [4.78, 5) is 33.4. The van der Waals surface area contributed by atoms with E-state index in [0.717, 1.165) is 32.1 Å². The molecular formula is C23H42NO6+. The van der Waals surface area contributed by atoms with Gasteiger partial charge in [-0.05, 0) is 38.5 Å². The monoisotopic (exact) mass is 428 g/mol. The van der Waals surface area contributed by atoms with Crippen LogP contribution in [0.1, 0.15) is 90.4 Å². The van der Waals surface area contributed by atoms with Crippen LogP contribution >= 0.6 is 0 Å². The number of carbonyl (C=O) groups is 3. The van der Waals surface area contributed by atoms with E-state index in [9.17, 15) is 14.4 Å². The summed E-state index contributed by atoms with van der Waals surface area (Å²) in [6.45, 7) is 1.04. The largest absolute Gasteiger partial charge is 0.477 e. The first-order valence-corrected chi connectivity index (χ1v) is 11.5. The average molecular weight is 429 g/mol. The van der Waals surface area contributed by atoms with Crippen LogP contribution in [0.3, 0.4) is 0 Å². The predicted octanol–water partition coefficient (Wildman–Crippen LogP) is 4.70. The molecule has 0 heterocycles. The lowest BCUT2D eigenvalue weighted by Gasteiger charge is -2.34. The molecule has 0 fully saturated rings. The van der Waals surface area contributed by atoms with Crippen molar-refractivity contribution in [2.24, 2.45) is 0 Å². The van der Waals surface area contributed by atoms with Gasteiger partial charge in [0.1, 0.15) is 0 Å². The van der Waals surface area contributed by atoms with E-state index in [-0.39, 0.29) is 6.54 Å². The molecule has 0 radical (unpaired) electrons. The Hall–Kier alpha value is -1.89. The molecule has 0 rings (SSSR count). The van der Waals surface area contributed by atoms with Crippen LogP contribution in [-0.4, -0.2) is 63.9 Å². The second-order valence-corrected chi connectivity index (χ2v) is 8.31. The molecule has 0 aromatic carbocycles. The Morgan fingerprint density at radius 2 is 0.967 bits per heavy atom. The second kappa shape index (κ2) is 17.9. The maximum Gasteiger partial charge on any atom is 0.359 e. The van der Waals surface area contributed by atoms with Crippen LogP contribution in [0.5, 0.6) is 0 Å². The van der Waals surface area contributed by atoms with Crippen molar-refractivity contribution in [1.29, 1.82) is 0 Å². The molecule has 0 aliphatic heterocycles. The van der Waals surface area contributed by atoms with E-state index >= 15 is 0 Å². The van der Waals surface area contributed by atoms with Crippen LogP contribution in [0.15, 0.2) is 12.2 Å². The van der Waals surface area contributed by atoms with Crippen LogP contribution in [0.25, 0.3) is 0 Å². The summed E-state index contributed by atoms with van der Waals surface area (Å²) in [7, 11) is 0. The van der Waals surface area contributed by atoms with Gasteiger partial charge in [-0.3, -0.25) is 4.48 Å². The van der Waals surface area contributed by atoms with Gasteiger partial charge >= 0.3 is 17.9 Å². The summed E-state index contributed by atoms with van der Waals surface area (Å²) in [6.07, 6.45) is 19.2. The predicted molar refractivity (Wildman–Crippen MR) is 117 cm³/mol. The first kappa shape index (κ1) is 28.1. The van der Waals surface area contributed by atoms with E-state index in [1.165, 1.54) is 44.9 Å². The van der Waals surface area contributed by atoms with Crippen LogP contribution in [0.4, 0.5) is 0 Å². The Morgan fingerprint density at radius 3 is 1.37 bits per heavy atom. The fourth-order valence-electron chi connectivity index (χ4n) is 3.78. The van der Waals surface area contributed by atoms with Gasteiger partial charge in [-0.25, -0.2) is 14.4 Å². The van der Waals surface area contributed by atoms with Gasteiger partial charge in [0, 0.05) is 0 Å². The fraction of sp³-hybridized carbons (Fsp3) is 0.783. The first-order chi connectivity index (χ1) is 14.3. The number of hydrogen-bond acceptors (Lipinski definition) is 3. The highest BCUT2D eigenvalue weighted by molar-refractivity contribution is 5.73. The topological polar surface area (TPSA) is 112 Å². The third kappa shape index (κ3) is 17.0. The van der Waals surface area contributed by atoms with Crippen LogP contribution in [0.2, 0.25) is 0 Å². The van der Waals surface area contributed by atoms with Gasteiger partial charge in [0.25, 0.3) is 0 Å². The number of unbranched alkanes of at least 4 members (excludes halogenated alkanes) is 11. The number of carboxylic acids is 3. The molecule has 7 heteroatoms. The van der Waals surface area contributed by atoms with E-state index in [0.29, 0.717) is 6.42 Å². The van der Waals surface area contributed by atoms with Crippen molar-refractivity contribution < 1.29 is 34.2 Å². The summed E-state index contributed by atoms with van der Waals surface area (Å²) in [6, 6.07) is 0. The molecule has 174 valence electrons. The number of allylic oxidation sites excluding steroid dienone is 2. The van der Waals surface area contributed by atoms with Crippen molar-refractivity contribution in [2.75, 3.05) is 26.2 Å². The number of carboxylic acid groups (broad SMARTS) is 3. The van der Waals surface area contributed by atoms with E-state index in [2.05, 4.69) is 19.1 Å². The molecule has 0 aromatic rings. The highest BCUT2D eigenvalue weighted by Crippen LogP contribution is 2.14. The Bertz CT molecular complexity index is 477. The molecule has 0 aromatic heterocycles. The summed E-state index contributed by atoms with van der Waals surface area (Å²) in [5.74, 6) is -3.52. The van der Waals surface area contributed by atoms with Crippen molar-refractivity contribution in [2.45, 2.75) is 90.4 Å². The maximum absolute atomic E-state index is 11.1. The molecule has 0 unspecified atom stereocenters. The SMILES string of the molecule is CCCCCC/C=C/CCCCCCCCC[N+](CC(=O)O)(CC(=O)O)CC(=O)O. The third-order valence-corrected chi connectivity index (χ3v) is 5.31. The molecule has 30 heavy (non-hydrogen) atoms. The van der Waals surface area contributed by atoms with Gasteiger partial charge < -0.3 is 15.3 Å². The van der Waals surface area contributed by atoms with Gasteiger partial charge in [-0.15, -0.1) is 0 Å². The Kier molecular flexibility index (Phi) is 16.8. The maximum atomic E-state index is 11.1. The molecule has 0 saturated heterocycles. The van der Waals surface area contributed by atoms with Gasteiger partial charge in [-0.1, -0.05) is 64.0 Å². The zero-order valence-corrected chi connectivity index (χ0v) is 18.7. The summed E-state index contributed by atoms with van der Waals surface area (Å²) in [5.41, 5.74) is 0.